The summed E-state index contributed by atoms with van der Waals surface area (Å²) in [5.74, 6) is -11.0. The third-order valence-corrected chi connectivity index (χ3v) is 1.94. The molecule has 0 unspecified atom stereocenters. The van der Waals surface area contributed by atoms with Crippen LogP contribution in [0.25, 0.3) is 10.8 Å². The second kappa shape index (κ2) is 3.40. The van der Waals surface area contributed by atoms with Gasteiger partial charge in [-0.1, -0.05) is 0 Å². The first-order chi connectivity index (χ1) is 7.43. The summed E-state index contributed by atoms with van der Waals surface area (Å²) in [7, 11) is 0. The first-order valence-corrected chi connectivity index (χ1v) is 3.88. The molecule has 6 heteroatoms. The van der Waals surface area contributed by atoms with Gasteiger partial charge in [0.05, 0.1) is 11.5 Å². The summed E-state index contributed by atoms with van der Waals surface area (Å²) in [6, 6.07) is 2.60. The van der Waals surface area contributed by atoms with Gasteiger partial charge in [-0.2, -0.15) is 0 Å². The van der Waals surface area contributed by atoms with Gasteiger partial charge in [0.1, 0.15) is 5.82 Å². The number of benzene rings is 2. The Balaban J connectivity index is 3.07. The second-order valence-corrected chi connectivity index (χ2v) is 2.88. The van der Waals surface area contributed by atoms with Crippen LogP contribution in [0.4, 0.5) is 26.3 Å². The van der Waals surface area contributed by atoms with Crippen LogP contribution in [0, 0.1) is 47.0 Å². The van der Waals surface area contributed by atoms with Gasteiger partial charge >= 0.3 is 0 Å². The van der Waals surface area contributed by atoms with Crippen LogP contribution in [0.3, 0.4) is 0 Å². The highest BCUT2D eigenvalue weighted by Crippen LogP contribution is 2.28. The molecular weight excluding hydrogens is 234 g/mol. The molecule has 0 heterocycles. The molecule has 2 aromatic carbocycles. The van der Waals surface area contributed by atoms with Crippen molar-refractivity contribution in [2.75, 3.05) is 0 Å². The standard InChI is InChI=1S/C10F6/c11-4-2-6(13)8(14)3-1-5(12)9(15)10(16)7(3)4. The zero-order valence-electron chi connectivity index (χ0n) is 7.27. The molecule has 0 saturated carbocycles. The molecule has 0 saturated heterocycles. The predicted molar refractivity (Wildman–Crippen MR) is 41.4 cm³/mol. The number of rotatable bonds is 0. The molecule has 16 heavy (non-hydrogen) atoms. The van der Waals surface area contributed by atoms with E-state index in [-0.39, 0.29) is 0 Å². The zero-order valence-corrected chi connectivity index (χ0v) is 7.27. The Hall–Kier alpha value is -1.72. The third kappa shape index (κ3) is 1.33. The van der Waals surface area contributed by atoms with Crippen molar-refractivity contribution in [2.24, 2.45) is 0 Å². The maximum Gasteiger partial charge on any atom is 0.195 e. The topological polar surface area (TPSA) is 0 Å². The minimum Gasteiger partial charge on any atom is -0.205 e. The molecule has 0 aliphatic rings. The fourth-order valence-corrected chi connectivity index (χ4v) is 1.24. The van der Waals surface area contributed by atoms with Gasteiger partial charge in [0.2, 0.25) is 0 Å². The molecule has 0 bridgehead atoms. The molecule has 0 nitrogen and oxygen atoms in total. The smallest absolute Gasteiger partial charge is 0.195 e. The average Bonchev–Trinajstić information content (AvgIpc) is 2.22. The quantitative estimate of drug-likeness (QED) is 0.373. The molecule has 0 fully saturated rings. The molecule has 0 aliphatic carbocycles. The fraction of sp³-hybridized carbons (Fsp3) is 0. The van der Waals surface area contributed by atoms with E-state index in [4.69, 9.17) is 0 Å². The molecule has 0 N–H and O–H groups in total. The van der Waals surface area contributed by atoms with Gasteiger partial charge in [0.15, 0.2) is 29.1 Å². The lowest BCUT2D eigenvalue weighted by atomic mass is 10.1. The Morgan fingerprint density at radius 3 is 1.75 bits per heavy atom. The van der Waals surface area contributed by atoms with E-state index in [1.54, 1.807) is 0 Å². The zero-order chi connectivity index (χ0) is 12.0. The van der Waals surface area contributed by atoms with Crippen molar-refractivity contribution >= 4 is 10.8 Å². The van der Waals surface area contributed by atoms with E-state index in [0.717, 1.165) is 0 Å². The van der Waals surface area contributed by atoms with Gasteiger partial charge in [-0.05, 0) is 0 Å². The Morgan fingerprint density at radius 1 is 0.562 bits per heavy atom. The normalized spacial score (nSPS) is 11.1. The lowest BCUT2D eigenvalue weighted by Gasteiger charge is -2.04. The van der Waals surface area contributed by atoms with Crippen LogP contribution in [-0.4, -0.2) is 0 Å². The van der Waals surface area contributed by atoms with Crippen LogP contribution in [0.2, 0.25) is 0 Å². The monoisotopic (exact) mass is 234 g/mol. The summed E-state index contributed by atoms with van der Waals surface area (Å²) >= 11 is 0. The van der Waals surface area contributed by atoms with Crippen LogP contribution in [-0.2, 0) is 0 Å². The van der Waals surface area contributed by atoms with Gasteiger partial charge in [-0.3, -0.25) is 0 Å². The Kier molecular flexibility index (Phi) is 2.29. The maximum absolute atomic E-state index is 13.0. The molecular formula is C10F6. The summed E-state index contributed by atoms with van der Waals surface area (Å²) in [6.07, 6.45) is 0. The van der Waals surface area contributed by atoms with Crippen LogP contribution in [0.1, 0.15) is 0 Å². The van der Waals surface area contributed by atoms with Crippen molar-refractivity contribution in [1.29, 1.82) is 0 Å². The first kappa shape index (κ1) is 10.8. The van der Waals surface area contributed by atoms with E-state index < -0.39 is 45.7 Å². The van der Waals surface area contributed by atoms with E-state index in [1.807, 2.05) is 0 Å². The first-order valence-electron chi connectivity index (χ1n) is 3.88. The Morgan fingerprint density at radius 2 is 1.12 bits per heavy atom. The van der Waals surface area contributed by atoms with Gasteiger partial charge in [0.25, 0.3) is 0 Å². The lowest BCUT2D eigenvalue weighted by molar-refractivity contribution is 0.446. The van der Waals surface area contributed by atoms with Crippen molar-refractivity contribution in [1.82, 2.24) is 0 Å². The maximum atomic E-state index is 13.0. The van der Waals surface area contributed by atoms with E-state index in [1.165, 1.54) is 12.1 Å². The largest absolute Gasteiger partial charge is 0.205 e. The summed E-state index contributed by atoms with van der Waals surface area (Å²) < 4.78 is 77.0. The van der Waals surface area contributed by atoms with Crippen LogP contribution in [0.15, 0.2) is 0 Å². The molecule has 2 radical (unpaired) electrons. The third-order valence-electron chi connectivity index (χ3n) is 1.94. The number of hydrogen-bond acceptors (Lipinski definition) is 0. The van der Waals surface area contributed by atoms with Gasteiger partial charge in [-0.15, -0.1) is 0 Å². The lowest BCUT2D eigenvalue weighted by Crippen LogP contribution is -1.99. The minimum atomic E-state index is -2.01. The molecule has 2 aromatic rings. The fourth-order valence-electron chi connectivity index (χ4n) is 1.24. The van der Waals surface area contributed by atoms with Crippen LogP contribution < -0.4 is 0 Å². The van der Waals surface area contributed by atoms with Gasteiger partial charge in [0, 0.05) is 11.5 Å². The van der Waals surface area contributed by atoms with Gasteiger partial charge < -0.3 is 0 Å². The van der Waals surface area contributed by atoms with Crippen molar-refractivity contribution in [3.8, 4) is 0 Å². The Bertz CT molecular complexity index is 590. The molecule has 0 atom stereocenters. The molecule has 2 rings (SSSR count). The van der Waals surface area contributed by atoms with E-state index in [9.17, 15) is 26.3 Å². The summed E-state index contributed by atoms with van der Waals surface area (Å²) in [5.41, 5.74) is 0. The number of halogens is 6. The summed E-state index contributed by atoms with van der Waals surface area (Å²) in [4.78, 5) is 0. The van der Waals surface area contributed by atoms with E-state index in [0.29, 0.717) is 0 Å². The minimum absolute atomic E-state index is 1.13. The molecule has 0 spiro atoms. The highest BCUT2D eigenvalue weighted by Gasteiger charge is 2.22. The van der Waals surface area contributed by atoms with E-state index in [2.05, 4.69) is 0 Å². The predicted octanol–water partition coefficient (Wildman–Crippen LogP) is 3.27. The second-order valence-electron chi connectivity index (χ2n) is 2.88. The SMILES string of the molecule is Fc1[c]c2c(F)c(F)[c]c(F)c2c(F)c1F. The van der Waals surface area contributed by atoms with Crippen molar-refractivity contribution in [3.05, 3.63) is 47.0 Å². The summed E-state index contributed by atoms with van der Waals surface area (Å²) in [6.45, 7) is 0. The van der Waals surface area contributed by atoms with Crippen molar-refractivity contribution in [3.63, 3.8) is 0 Å². The highest BCUT2D eigenvalue weighted by molar-refractivity contribution is 5.84. The average molecular weight is 234 g/mol. The molecule has 0 amide bonds. The van der Waals surface area contributed by atoms with Crippen molar-refractivity contribution in [2.45, 2.75) is 0 Å². The van der Waals surface area contributed by atoms with Crippen LogP contribution >= 0.6 is 0 Å². The molecule has 0 aliphatic heterocycles. The Labute approximate surface area is 85.1 Å². The van der Waals surface area contributed by atoms with Crippen molar-refractivity contribution < 1.29 is 26.3 Å². The van der Waals surface area contributed by atoms with Crippen LogP contribution in [0.5, 0.6) is 0 Å². The number of fused-ring (bicyclic) bond motifs is 1. The van der Waals surface area contributed by atoms with Gasteiger partial charge in [-0.25, -0.2) is 26.3 Å². The molecule has 82 valence electrons. The summed E-state index contributed by atoms with van der Waals surface area (Å²) in [5, 5.41) is -2.36. The number of hydrogen-bond donors (Lipinski definition) is 0. The highest BCUT2D eigenvalue weighted by atomic mass is 19.2. The van der Waals surface area contributed by atoms with E-state index >= 15 is 0 Å². The molecule has 0 aromatic heterocycles.